The Morgan fingerprint density at radius 2 is 1.22 bits per heavy atom. The minimum Gasteiger partial charge on any atom is -0.0613 e. The Labute approximate surface area is 112 Å². The molecule has 0 radical (unpaired) electrons. The van der Waals surface area contributed by atoms with Gasteiger partial charge in [0.05, 0.1) is 0 Å². The van der Waals surface area contributed by atoms with E-state index in [1.165, 1.54) is 57.8 Å². The van der Waals surface area contributed by atoms with Gasteiger partial charge in [-0.3, -0.25) is 0 Å². The van der Waals surface area contributed by atoms with Gasteiger partial charge in [0.1, 0.15) is 0 Å². The van der Waals surface area contributed by atoms with Crippen molar-refractivity contribution in [3.8, 4) is 0 Å². The Morgan fingerprint density at radius 1 is 0.778 bits per heavy atom. The van der Waals surface area contributed by atoms with Crippen LogP contribution in [-0.4, -0.2) is 0 Å². The molecule has 0 aliphatic heterocycles. The fourth-order valence-corrected chi connectivity index (χ4v) is 3.94. The van der Waals surface area contributed by atoms with Crippen LogP contribution in [0.25, 0.3) is 0 Å². The second-order valence-electron chi connectivity index (χ2n) is 6.32. The summed E-state index contributed by atoms with van der Waals surface area (Å²) in [5, 5.41) is 0. The highest BCUT2D eigenvalue weighted by Gasteiger charge is 2.21. The topological polar surface area (TPSA) is 0 Å². The average molecular weight is 242 g/mol. The van der Waals surface area contributed by atoms with Crippen molar-refractivity contribution >= 4 is 0 Å². The van der Waals surface area contributed by atoms with Crippen LogP contribution >= 0.6 is 0 Å². The number of rotatable bonds is 3. The quantitative estimate of drug-likeness (QED) is 0.650. The van der Waals surface area contributed by atoms with Crippen LogP contribution in [0.4, 0.5) is 0 Å². The lowest BCUT2D eigenvalue weighted by atomic mass is 9.88. The monoisotopic (exact) mass is 242 g/mol. The maximum atomic E-state index is 2.56. The van der Waals surface area contributed by atoms with E-state index >= 15 is 0 Å². The summed E-state index contributed by atoms with van der Waals surface area (Å²) in [6.07, 6.45) is 12.7. The Hall–Kier alpha value is -0.780. The van der Waals surface area contributed by atoms with Gasteiger partial charge in [0.15, 0.2) is 0 Å². The van der Waals surface area contributed by atoms with E-state index in [2.05, 4.69) is 25.1 Å². The van der Waals surface area contributed by atoms with E-state index in [0.717, 1.165) is 11.8 Å². The third-order valence-corrected chi connectivity index (χ3v) is 5.10. The van der Waals surface area contributed by atoms with E-state index in [9.17, 15) is 0 Å². The minimum absolute atomic E-state index is 0.872. The molecule has 0 bridgehead atoms. The molecule has 2 fully saturated rings. The average Bonchev–Trinajstić information content (AvgIpc) is 3.10. The van der Waals surface area contributed by atoms with E-state index in [4.69, 9.17) is 0 Å². The molecule has 1 aromatic carbocycles. The SMILES string of the molecule is CCc1cc(C2CCCC2)cc(C2CCCC2)c1. The Bertz CT molecular complexity index is 358. The zero-order chi connectivity index (χ0) is 12.4. The predicted octanol–water partition coefficient (Wildman–Crippen LogP) is 5.56. The molecule has 0 nitrogen and oxygen atoms in total. The van der Waals surface area contributed by atoms with Crippen molar-refractivity contribution < 1.29 is 0 Å². The molecule has 0 saturated heterocycles. The first kappa shape index (κ1) is 12.3. The molecule has 0 heteroatoms. The first-order valence-corrected chi connectivity index (χ1v) is 8.00. The lowest BCUT2D eigenvalue weighted by Crippen LogP contribution is -2.00. The van der Waals surface area contributed by atoms with Crippen molar-refractivity contribution in [2.45, 2.75) is 76.5 Å². The molecule has 0 amide bonds. The maximum absolute atomic E-state index is 2.56. The fourth-order valence-electron chi connectivity index (χ4n) is 3.94. The van der Waals surface area contributed by atoms with Gasteiger partial charge in [0.2, 0.25) is 0 Å². The summed E-state index contributed by atoms with van der Waals surface area (Å²) in [4.78, 5) is 0. The van der Waals surface area contributed by atoms with Crippen molar-refractivity contribution in [2.75, 3.05) is 0 Å². The molecule has 1 aromatic rings. The first-order valence-electron chi connectivity index (χ1n) is 8.00. The lowest BCUT2D eigenvalue weighted by Gasteiger charge is -2.17. The van der Waals surface area contributed by atoms with Gasteiger partial charge >= 0.3 is 0 Å². The predicted molar refractivity (Wildman–Crippen MR) is 78.2 cm³/mol. The largest absolute Gasteiger partial charge is 0.0613 e. The number of hydrogen-bond acceptors (Lipinski definition) is 0. The zero-order valence-corrected chi connectivity index (χ0v) is 11.8. The highest BCUT2D eigenvalue weighted by atomic mass is 14.3. The standard InChI is InChI=1S/C18H26/c1-2-14-11-17(15-7-3-4-8-15)13-18(12-14)16-9-5-6-10-16/h11-13,15-16H,2-10H2,1H3. The fraction of sp³-hybridized carbons (Fsp3) is 0.667. The van der Waals surface area contributed by atoms with Gasteiger partial charge in [-0.1, -0.05) is 50.8 Å². The molecule has 18 heavy (non-hydrogen) atoms. The molecule has 2 aliphatic carbocycles. The Balaban J connectivity index is 1.90. The van der Waals surface area contributed by atoms with Crippen molar-refractivity contribution in [3.63, 3.8) is 0 Å². The second kappa shape index (κ2) is 5.47. The van der Waals surface area contributed by atoms with Crippen molar-refractivity contribution in [3.05, 3.63) is 34.9 Å². The van der Waals surface area contributed by atoms with Crippen LogP contribution in [0.1, 0.15) is 86.8 Å². The summed E-state index contributed by atoms with van der Waals surface area (Å²) in [6.45, 7) is 2.30. The van der Waals surface area contributed by atoms with Gasteiger partial charge in [-0.05, 0) is 60.6 Å². The van der Waals surface area contributed by atoms with Gasteiger partial charge in [-0.15, -0.1) is 0 Å². The highest BCUT2D eigenvalue weighted by Crippen LogP contribution is 2.39. The summed E-state index contributed by atoms with van der Waals surface area (Å²) < 4.78 is 0. The molecule has 0 atom stereocenters. The van der Waals surface area contributed by atoms with Crippen LogP contribution in [0.15, 0.2) is 18.2 Å². The molecular formula is C18H26. The van der Waals surface area contributed by atoms with Gasteiger partial charge in [-0.25, -0.2) is 0 Å². The molecule has 98 valence electrons. The Morgan fingerprint density at radius 3 is 1.61 bits per heavy atom. The van der Waals surface area contributed by atoms with Crippen molar-refractivity contribution in [1.29, 1.82) is 0 Å². The van der Waals surface area contributed by atoms with Crippen LogP contribution in [0.5, 0.6) is 0 Å². The molecule has 0 heterocycles. The molecular weight excluding hydrogens is 216 g/mol. The van der Waals surface area contributed by atoms with Gasteiger partial charge in [-0.2, -0.15) is 0 Å². The van der Waals surface area contributed by atoms with Gasteiger partial charge in [0, 0.05) is 0 Å². The van der Waals surface area contributed by atoms with E-state index in [-0.39, 0.29) is 0 Å². The van der Waals surface area contributed by atoms with E-state index in [1.54, 1.807) is 16.7 Å². The molecule has 0 aromatic heterocycles. The lowest BCUT2D eigenvalue weighted by molar-refractivity contribution is 0.698. The van der Waals surface area contributed by atoms with Gasteiger partial charge in [0.25, 0.3) is 0 Å². The highest BCUT2D eigenvalue weighted by molar-refractivity contribution is 5.35. The third-order valence-electron chi connectivity index (χ3n) is 5.10. The zero-order valence-electron chi connectivity index (χ0n) is 11.8. The van der Waals surface area contributed by atoms with Crippen LogP contribution in [0, 0.1) is 0 Å². The third kappa shape index (κ3) is 2.48. The molecule has 3 rings (SSSR count). The second-order valence-corrected chi connectivity index (χ2v) is 6.32. The molecule has 0 unspecified atom stereocenters. The summed E-state index contributed by atoms with van der Waals surface area (Å²) in [7, 11) is 0. The summed E-state index contributed by atoms with van der Waals surface area (Å²) in [5.41, 5.74) is 4.89. The smallest absolute Gasteiger partial charge is 0.0162 e. The number of benzene rings is 1. The van der Waals surface area contributed by atoms with Crippen molar-refractivity contribution in [2.24, 2.45) is 0 Å². The van der Waals surface area contributed by atoms with E-state index < -0.39 is 0 Å². The molecule has 2 aliphatic rings. The van der Waals surface area contributed by atoms with Crippen LogP contribution in [-0.2, 0) is 6.42 Å². The van der Waals surface area contributed by atoms with Crippen molar-refractivity contribution in [1.82, 2.24) is 0 Å². The molecule has 0 spiro atoms. The first-order chi connectivity index (χ1) is 8.86. The Kier molecular flexibility index (Phi) is 3.72. The summed E-state index contributed by atoms with van der Waals surface area (Å²) in [6, 6.07) is 7.55. The van der Waals surface area contributed by atoms with Crippen LogP contribution in [0.3, 0.4) is 0 Å². The summed E-state index contributed by atoms with van der Waals surface area (Å²) in [5.74, 6) is 1.74. The minimum atomic E-state index is 0.872. The normalized spacial score (nSPS) is 21.8. The number of aryl methyl sites for hydroxylation is 1. The number of hydrogen-bond donors (Lipinski definition) is 0. The van der Waals surface area contributed by atoms with E-state index in [0.29, 0.717) is 0 Å². The molecule has 2 saturated carbocycles. The van der Waals surface area contributed by atoms with Gasteiger partial charge < -0.3 is 0 Å². The summed E-state index contributed by atoms with van der Waals surface area (Å²) >= 11 is 0. The van der Waals surface area contributed by atoms with E-state index in [1.807, 2.05) is 0 Å². The van der Waals surface area contributed by atoms with Crippen LogP contribution in [0.2, 0.25) is 0 Å². The maximum Gasteiger partial charge on any atom is -0.0162 e. The van der Waals surface area contributed by atoms with Crippen LogP contribution < -0.4 is 0 Å². The molecule has 0 N–H and O–H groups in total.